The van der Waals surface area contributed by atoms with Gasteiger partial charge in [-0.05, 0) is 29.3 Å². The Kier molecular flexibility index (Phi) is 5.33. The molecule has 0 fully saturated rings. The number of benzene rings is 3. The van der Waals surface area contributed by atoms with Gasteiger partial charge in [0, 0.05) is 22.3 Å². The summed E-state index contributed by atoms with van der Waals surface area (Å²) in [5.74, 6) is -1.87. The Balaban J connectivity index is 1.94. The minimum atomic E-state index is -1.20. The second kappa shape index (κ2) is 8.08. The first-order valence-electron chi connectivity index (χ1n) is 9.15. The van der Waals surface area contributed by atoms with Crippen molar-refractivity contribution in [1.82, 2.24) is 4.98 Å². The molecule has 1 heterocycles. The molecule has 1 aromatic heterocycles. The number of carbonyl (C=O) groups is 2. The van der Waals surface area contributed by atoms with Gasteiger partial charge in [0.2, 0.25) is 0 Å². The first-order valence-corrected chi connectivity index (χ1v) is 9.94. The molecule has 5 nitrogen and oxygen atoms in total. The highest BCUT2D eigenvalue weighted by Gasteiger charge is 2.24. The summed E-state index contributed by atoms with van der Waals surface area (Å²) in [6.45, 7) is 1.24. The van der Waals surface area contributed by atoms with E-state index in [0.717, 1.165) is 11.1 Å². The van der Waals surface area contributed by atoms with Crippen molar-refractivity contribution in [3.05, 3.63) is 82.8 Å². The average molecular weight is 462 g/mol. The molecule has 0 radical (unpaired) electrons. The number of halogens is 1. The number of fused-ring (bicyclic) bond motifs is 1. The van der Waals surface area contributed by atoms with Gasteiger partial charge < -0.3 is 9.84 Å². The maximum atomic E-state index is 12.1. The van der Waals surface area contributed by atoms with Crippen molar-refractivity contribution >= 4 is 38.8 Å². The van der Waals surface area contributed by atoms with Crippen molar-refractivity contribution in [1.29, 1.82) is 0 Å². The van der Waals surface area contributed by atoms with Gasteiger partial charge in [0.15, 0.2) is 5.75 Å². The highest BCUT2D eigenvalue weighted by atomic mass is 79.9. The zero-order valence-corrected chi connectivity index (χ0v) is 17.5. The van der Waals surface area contributed by atoms with E-state index in [1.165, 1.54) is 6.92 Å². The topological polar surface area (TPSA) is 76.5 Å². The van der Waals surface area contributed by atoms with E-state index in [2.05, 4.69) is 20.9 Å². The molecule has 0 unspecified atom stereocenters. The van der Waals surface area contributed by atoms with Crippen LogP contribution in [-0.4, -0.2) is 22.0 Å². The highest BCUT2D eigenvalue weighted by molar-refractivity contribution is 9.10. The number of carbonyl (C=O) groups excluding carboxylic acids is 1. The monoisotopic (exact) mass is 461 g/mol. The molecule has 0 saturated carbocycles. The van der Waals surface area contributed by atoms with Crippen LogP contribution >= 0.6 is 15.9 Å². The van der Waals surface area contributed by atoms with Crippen molar-refractivity contribution in [2.24, 2.45) is 0 Å². The second-order valence-electron chi connectivity index (χ2n) is 6.67. The van der Waals surface area contributed by atoms with Crippen LogP contribution in [0.15, 0.2) is 77.3 Å². The fourth-order valence-electron chi connectivity index (χ4n) is 3.32. The van der Waals surface area contributed by atoms with Gasteiger partial charge in [0.05, 0.1) is 5.52 Å². The molecule has 3 aromatic carbocycles. The Hall–Kier alpha value is -3.51. The van der Waals surface area contributed by atoms with E-state index in [1.807, 2.05) is 54.6 Å². The maximum Gasteiger partial charge on any atom is 0.340 e. The van der Waals surface area contributed by atoms with E-state index in [1.54, 1.807) is 18.2 Å². The van der Waals surface area contributed by atoms with E-state index in [-0.39, 0.29) is 11.3 Å². The molecule has 0 bridgehead atoms. The summed E-state index contributed by atoms with van der Waals surface area (Å²) in [4.78, 5) is 28.5. The van der Waals surface area contributed by atoms with Crippen molar-refractivity contribution < 1.29 is 19.4 Å². The molecule has 0 amide bonds. The van der Waals surface area contributed by atoms with Crippen LogP contribution in [0, 0.1) is 0 Å². The predicted octanol–water partition coefficient (Wildman–Crippen LogP) is 5.95. The summed E-state index contributed by atoms with van der Waals surface area (Å²) in [5.41, 5.74) is 3.42. The third kappa shape index (κ3) is 3.82. The van der Waals surface area contributed by atoms with Crippen LogP contribution in [0.1, 0.15) is 17.3 Å². The number of hydrogen-bond donors (Lipinski definition) is 1. The quantitative estimate of drug-likeness (QED) is 0.379. The molecule has 4 aromatic rings. The normalized spacial score (nSPS) is 10.7. The van der Waals surface area contributed by atoms with Gasteiger partial charge in [-0.25, -0.2) is 9.78 Å². The number of esters is 1. The Bertz CT molecular complexity index is 1270. The molecular formula is C24H16BrNO4. The Morgan fingerprint density at radius 2 is 1.53 bits per heavy atom. The van der Waals surface area contributed by atoms with Crippen molar-refractivity contribution in [3.63, 3.8) is 0 Å². The van der Waals surface area contributed by atoms with Crippen LogP contribution in [0.3, 0.4) is 0 Å². The van der Waals surface area contributed by atoms with Crippen LogP contribution in [0.25, 0.3) is 33.3 Å². The number of carboxylic acids is 1. The standard InChI is InChI=1S/C24H16BrNO4/c1-14(27)30-23-21(24(28)29)19-13-18(25)11-12-20(19)26-22(23)17-9-7-16(8-10-17)15-5-3-2-4-6-15/h2-13H,1H3,(H,28,29). The van der Waals surface area contributed by atoms with Crippen molar-refractivity contribution in [3.8, 4) is 28.1 Å². The first kappa shape index (κ1) is 19.8. The van der Waals surface area contributed by atoms with Gasteiger partial charge in [-0.3, -0.25) is 4.79 Å². The highest BCUT2D eigenvalue weighted by Crippen LogP contribution is 2.38. The van der Waals surface area contributed by atoms with Crippen LogP contribution in [0.5, 0.6) is 5.75 Å². The summed E-state index contributed by atoms with van der Waals surface area (Å²) in [6.07, 6.45) is 0. The summed E-state index contributed by atoms with van der Waals surface area (Å²) in [6, 6.07) is 22.6. The zero-order valence-electron chi connectivity index (χ0n) is 15.9. The lowest BCUT2D eigenvalue weighted by Gasteiger charge is -2.15. The van der Waals surface area contributed by atoms with Gasteiger partial charge in [0.25, 0.3) is 0 Å². The fraction of sp³-hybridized carbons (Fsp3) is 0.0417. The summed E-state index contributed by atoms with van der Waals surface area (Å²) in [5, 5.41) is 10.3. The number of aromatic carboxylic acids is 1. The molecule has 0 spiro atoms. The predicted molar refractivity (Wildman–Crippen MR) is 119 cm³/mol. The second-order valence-corrected chi connectivity index (χ2v) is 7.58. The van der Waals surface area contributed by atoms with Crippen molar-refractivity contribution in [2.75, 3.05) is 0 Å². The lowest BCUT2D eigenvalue weighted by atomic mass is 9.99. The SMILES string of the molecule is CC(=O)Oc1c(-c2ccc(-c3ccccc3)cc2)nc2ccc(Br)cc2c1C(=O)O. The van der Waals surface area contributed by atoms with Crippen LogP contribution in [0.4, 0.5) is 0 Å². The van der Waals surface area contributed by atoms with Crippen LogP contribution in [-0.2, 0) is 4.79 Å². The van der Waals surface area contributed by atoms with Gasteiger partial charge in [0.1, 0.15) is 11.3 Å². The molecule has 148 valence electrons. The molecule has 0 atom stereocenters. The minimum Gasteiger partial charge on any atom is -0.478 e. The number of aromatic nitrogens is 1. The molecule has 0 aliphatic carbocycles. The smallest absolute Gasteiger partial charge is 0.340 e. The summed E-state index contributed by atoms with van der Waals surface area (Å²) < 4.78 is 6.06. The largest absolute Gasteiger partial charge is 0.478 e. The van der Waals surface area contributed by atoms with Crippen LogP contribution < -0.4 is 4.74 Å². The lowest BCUT2D eigenvalue weighted by molar-refractivity contribution is -0.131. The molecule has 4 rings (SSSR count). The number of rotatable bonds is 4. The molecule has 0 aliphatic rings. The number of hydrogen-bond acceptors (Lipinski definition) is 4. The number of ether oxygens (including phenoxy) is 1. The summed E-state index contributed by atoms with van der Waals surface area (Å²) in [7, 11) is 0. The van der Waals surface area contributed by atoms with Gasteiger partial charge in [-0.2, -0.15) is 0 Å². The summed E-state index contributed by atoms with van der Waals surface area (Å²) >= 11 is 3.36. The molecular weight excluding hydrogens is 446 g/mol. The third-order valence-electron chi connectivity index (χ3n) is 4.63. The number of carboxylic acid groups (broad SMARTS) is 1. The van der Waals surface area contributed by atoms with Crippen molar-refractivity contribution in [2.45, 2.75) is 6.92 Å². The molecule has 1 N–H and O–H groups in total. The minimum absolute atomic E-state index is 0.0620. The van der Waals surface area contributed by atoms with Crippen LogP contribution in [0.2, 0.25) is 0 Å². The Labute approximate surface area is 181 Å². The average Bonchev–Trinajstić information content (AvgIpc) is 2.73. The first-order chi connectivity index (χ1) is 14.4. The number of nitrogens with zero attached hydrogens (tertiary/aromatic N) is 1. The molecule has 30 heavy (non-hydrogen) atoms. The lowest BCUT2D eigenvalue weighted by Crippen LogP contribution is -2.10. The van der Waals surface area contributed by atoms with E-state index < -0.39 is 11.9 Å². The van der Waals surface area contributed by atoms with Gasteiger partial charge in [-0.15, -0.1) is 0 Å². The van der Waals surface area contributed by atoms with E-state index >= 15 is 0 Å². The zero-order chi connectivity index (χ0) is 21.3. The Morgan fingerprint density at radius 1 is 0.900 bits per heavy atom. The van der Waals surface area contributed by atoms with Gasteiger partial charge >= 0.3 is 11.9 Å². The van der Waals surface area contributed by atoms with E-state index in [0.29, 0.717) is 26.6 Å². The molecule has 0 aliphatic heterocycles. The van der Waals surface area contributed by atoms with E-state index in [4.69, 9.17) is 4.74 Å². The fourth-order valence-corrected chi connectivity index (χ4v) is 3.68. The molecule has 0 saturated heterocycles. The number of pyridine rings is 1. The maximum absolute atomic E-state index is 12.1. The van der Waals surface area contributed by atoms with E-state index in [9.17, 15) is 14.7 Å². The molecule has 6 heteroatoms. The third-order valence-corrected chi connectivity index (χ3v) is 5.12. The Morgan fingerprint density at radius 3 is 2.17 bits per heavy atom. The van der Waals surface area contributed by atoms with Gasteiger partial charge in [-0.1, -0.05) is 70.5 Å².